The molecule has 6 heteroatoms. The minimum absolute atomic E-state index is 0.148. The molecule has 1 amide bonds. The number of carbonyl (C=O) groups excluding carboxylic acids is 1. The van der Waals surface area contributed by atoms with E-state index in [1.54, 1.807) is 24.4 Å². The van der Waals surface area contributed by atoms with Crippen LogP contribution in [0.3, 0.4) is 0 Å². The van der Waals surface area contributed by atoms with Crippen LogP contribution in [0.2, 0.25) is 10.0 Å². The highest BCUT2D eigenvalue weighted by Crippen LogP contribution is 2.30. The minimum Gasteiger partial charge on any atom is -0.324 e. The summed E-state index contributed by atoms with van der Waals surface area (Å²) in [5.74, 6) is -0.148. The summed E-state index contributed by atoms with van der Waals surface area (Å²) in [5, 5.41) is 4.03. The summed E-state index contributed by atoms with van der Waals surface area (Å²) >= 11 is 13.3. The van der Waals surface area contributed by atoms with E-state index in [1.165, 1.54) is 11.8 Å². The van der Waals surface area contributed by atoms with Crippen molar-refractivity contribution in [3.05, 3.63) is 52.6 Å². The molecule has 0 saturated carbocycles. The van der Waals surface area contributed by atoms with Crippen molar-refractivity contribution in [1.29, 1.82) is 0 Å². The van der Waals surface area contributed by atoms with Gasteiger partial charge in [-0.25, -0.2) is 4.98 Å². The molecule has 0 radical (unpaired) electrons. The van der Waals surface area contributed by atoms with Crippen molar-refractivity contribution in [2.75, 3.05) is 5.32 Å². The Balaban J connectivity index is 2.03. The van der Waals surface area contributed by atoms with Crippen LogP contribution in [0, 0.1) is 0 Å². The maximum absolute atomic E-state index is 12.1. The van der Waals surface area contributed by atoms with Crippen molar-refractivity contribution in [3.8, 4) is 0 Å². The molecule has 20 heavy (non-hydrogen) atoms. The highest BCUT2D eigenvalue weighted by atomic mass is 35.5. The Morgan fingerprint density at radius 3 is 2.75 bits per heavy atom. The standard InChI is InChI=1S/C14H12Cl2N2OS/c1-9(20-12-7-2-3-8-17-12)14(19)18-11-6-4-5-10(15)13(11)16/h2-9H,1H3,(H,18,19). The van der Waals surface area contributed by atoms with Crippen LogP contribution < -0.4 is 5.32 Å². The summed E-state index contributed by atoms with van der Waals surface area (Å²) in [4.78, 5) is 16.3. The van der Waals surface area contributed by atoms with Crippen molar-refractivity contribution in [1.82, 2.24) is 4.98 Å². The molecule has 1 N–H and O–H groups in total. The Morgan fingerprint density at radius 2 is 2.05 bits per heavy atom. The summed E-state index contributed by atoms with van der Waals surface area (Å²) in [5.41, 5.74) is 0.512. The molecule has 0 aliphatic rings. The molecule has 0 fully saturated rings. The van der Waals surface area contributed by atoms with E-state index in [1.807, 2.05) is 25.1 Å². The third-order valence-corrected chi connectivity index (χ3v) is 4.38. The number of pyridine rings is 1. The van der Waals surface area contributed by atoms with Crippen LogP contribution >= 0.6 is 35.0 Å². The second-order valence-electron chi connectivity index (χ2n) is 4.02. The fourth-order valence-electron chi connectivity index (χ4n) is 1.49. The van der Waals surface area contributed by atoms with Crippen LogP contribution in [0.5, 0.6) is 0 Å². The number of nitrogens with zero attached hydrogens (tertiary/aromatic N) is 1. The van der Waals surface area contributed by atoms with Crippen LogP contribution in [-0.2, 0) is 4.79 Å². The number of thioether (sulfide) groups is 1. The van der Waals surface area contributed by atoms with Gasteiger partial charge in [0.15, 0.2) is 0 Å². The van der Waals surface area contributed by atoms with Gasteiger partial charge in [-0.2, -0.15) is 0 Å². The van der Waals surface area contributed by atoms with Gasteiger partial charge in [0, 0.05) is 6.20 Å². The second kappa shape index (κ2) is 6.97. The van der Waals surface area contributed by atoms with Gasteiger partial charge in [0.1, 0.15) is 0 Å². The largest absolute Gasteiger partial charge is 0.324 e. The van der Waals surface area contributed by atoms with Gasteiger partial charge in [-0.3, -0.25) is 4.79 Å². The van der Waals surface area contributed by atoms with E-state index in [0.717, 1.165) is 5.03 Å². The van der Waals surface area contributed by atoms with E-state index in [2.05, 4.69) is 10.3 Å². The maximum atomic E-state index is 12.1. The van der Waals surface area contributed by atoms with Crippen LogP contribution in [0.1, 0.15) is 6.92 Å². The zero-order chi connectivity index (χ0) is 14.5. The van der Waals surface area contributed by atoms with Gasteiger partial charge in [-0.05, 0) is 31.2 Å². The molecule has 0 aliphatic heterocycles. The summed E-state index contributed by atoms with van der Waals surface area (Å²) in [6, 6.07) is 10.7. The normalized spacial score (nSPS) is 11.9. The zero-order valence-electron chi connectivity index (χ0n) is 10.6. The topological polar surface area (TPSA) is 42.0 Å². The van der Waals surface area contributed by atoms with Crippen LogP contribution in [-0.4, -0.2) is 16.1 Å². The molecule has 2 rings (SSSR count). The average molecular weight is 327 g/mol. The lowest BCUT2D eigenvalue weighted by Gasteiger charge is -2.12. The number of hydrogen-bond donors (Lipinski definition) is 1. The Kier molecular flexibility index (Phi) is 5.29. The van der Waals surface area contributed by atoms with E-state index in [4.69, 9.17) is 23.2 Å². The first kappa shape index (κ1) is 15.2. The van der Waals surface area contributed by atoms with E-state index in [9.17, 15) is 4.79 Å². The highest BCUT2D eigenvalue weighted by Gasteiger charge is 2.16. The van der Waals surface area contributed by atoms with Crippen LogP contribution in [0.4, 0.5) is 5.69 Å². The molecule has 3 nitrogen and oxygen atoms in total. The first-order valence-electron chi connectivity index (χ1n) is 5.90. The molecule has 0 saturated heterocycles. The molecule has 0 aliphatic carbocycles. The maximum Gasteiger partial charge on any atom is 0.237 e. The van der Waals surface area contributed by atoms with Crippen LogP contribution in [0.15, 0.2) is 47.6 Å². The Labute approximate surface area is 131 Å². The molecule has 0 spiro atoms. The summed E-state index contributed by atoms with van der Waals surface area (Å²) in [7, 11) is 0. The second-order valence-corrected chi connectivity index (χ2v) is 6.16. The first-order chi connectivity index (χ1) is 9.58. The number of carbonyl (C=O) groups is 1. The number of benzene rings is 1. The van der Waals surface area contributed by atoms with Gasteiger partial charge in [-0.15, -0.1) is 0 Å². The van der Waals surface area contributed by atoms with E-state index in [0.29, 0.717) is 15.7 Å². The lowest BCUT2D eigenvalue weighted by molar-refractivity contribution is -0.115. The Bertz CT molecular complexity index is 607. The van der Waals surface area contributed by atoms with Gasteiger partial charge < -0.3 is 5.32 Å². The summed E-state index contributed by atoms with van der Waals surface area (Å²) in [6.07, 6.45) is 1.70. The van der Waals surface area contributed by atoms with Gasteiger partial charge >= 0.3 is 0 Å². The van der Waals surface area contributed by atoms with E-state index in [-0.39, 0.29) is 11.2 Å². The monoisotopic (exact) mass is 326 g/mol. The number of anilines is 1. The van der Waals surface area contributed by atoms with Gasteiger partial charge in [0.25, 0.3) is 0 Å². The van der Waals surface area contributed by atoms with Crippen molar-refractivity contribution in [2.24, 2.45) is 0 Å². The molecule has 1 heterocycles. The number of amides is 1. The number of rotatable bonds is 4. The molecule has 0 bridgehead atoms. The van der Waals surface area contributed by atoms with Crippen molar-refractivity contribution in [3.63, 3.8) is 0 Å². The number of hydrogen-bond acceptors (Lipinski definition) is 3. The quantitative estimate of drug-likeness (QED) is 0.840. The lowest BCUT2D eigenvalue weighted by atomic mass is 10.3. The van der Waals surface area contributed by atoms with Crippen LogP contribution in [0.25, 0.3) is 0 Å². The molecule has 2 aromatic rings. The van der Waals surface area contributed by atoms with Gasteiger partial charge in [-0.1, -0.05) is 47.1 Å². The van der Waals surface area contributed by atoms with Gasteiger partial charge in [0.2, 0.25) is 5.91 Å². The number of nitrogens with one attached hydrogen (secondary N) is 1. The van der Waals surface area contributed by atoms with Crippen molar-refractivity contribution >= 4 is 46.6 Å². The fourth-order valence-corrected chi connectivity index (χ4v) is 2.64. The Morgan fingerprint density at radius 1 is 1.25 bits per heavy atom. The average Bonchev–Trinajstić information content (AvgIpc) is 2.45. The van der Waals surface area contributed by atoms with Crippen molar-refractivity contribution in [2.45, 2.75) is 17.2 Å². The number of aromatic nitrogens is 1. The molecular formula is C14H12Cl2N2OS. The fraction of sp³-hybridized carbons (Fsp3) is 0.143. The molecule has 1 aromatic heterocycles. The molecule has 1 unspecified atom stereocenters. The zero-order valence-corrected chi connectivity index (χ0v) is 13.0. The summed E-state index contributed by atoms with van der Waals surface area (Å²) in [6.45, 7) is 1.81. The van der Waals surface area contributed by atoms with Gasteiger partial charge in [0.05, 0.1) is 26.0 Å². The molecular weight excluding hydrogens is 315 g/mol. The summed E-state index contributed by atoms with van der Waals surface area (Å²) < 4.78 is 0. The predicted octanol–water partition coefficient (Wildman–Crippen LogP) is 4.51. The predicted molar refractivity (Wildman–Crippen MR) is 84.6 cm³/mol. The Hall–Kier alpha value is -1.23. The third kappa shape index (κ3) is 3.88. The van der Waals surface area contributed by atoms with E-state index >= 15 is 0 Å². The number of halogens is 2. The SMILES string of the molecule is CC(Sc1ccccn1)C(=O)Nc1cccc(Cl)c1Cl. The first-order valence-corrected chi connectivity index (χ1v) is 7.54. The molecule has 1 aromatic carbocycles. The minimum atomic E-state index is -0.292. The lowest BCUT2D eigenvalue weighted by Crippen LogP contribution is -2.22. The molecule has 104 valence electrons. The van der Waals surface area contributed by atoms with E-state index < -0.39 is 0 Å². The third-order valence-electron chi connectivity index (χ3n) is 2.51. The smallest absolute Gasteiger partial charge is 0.237 e. The van der Waals surface area contributed by atoms with Crippen molar-refractivity contribution < 1.29 is 4.79 Å². The highest BCUT2D eigenvalue weighted by molar-refractivity contribution is 8.00. The molecule has 1 atom stereocenters.